The minimum Gasteiger partial charge on any atom is -0.432 e. The molecule has 2 heterocycles. The normalized spacial score (nSPS) is 17.5. The van der Waals surface area contributed by atoms with Gasteiger partial charge in [-0.3, -0.25) is 23.5 Å². The van der Waals surface area contributed by atoms with Crippen molar-refractivity contribution in [3.05, 3.63) is 64.6 Å². The SMILES string of the molecule is CCOP(=O)(OCOC(=O)OC(C)C)c1ccc2c(C(C)=O)cn(CC(=O)N3CC(F)CC3C(=O)NCc3cccc(Cl)c3F)c2c1. The van der Waals surface area contributed by atoms with E-state index in [4.69, 9.17) is 30.1 Å². The number of alkyl halides is 1. The van der Waals surface area contributed by atoms with Crippen LogP contribution in [-0.4, -0.2) is 71.5 Å². The number of halogens is 3. The number of benzene rings is 2. The summed E-state index contributed by atoms with van der Waals surface area (Å²) in [5.74, 6) is -2.31. The average molecular weight is 698 g/mol. The molecule has 1 N–H and O–H groups in total. The fourth-order valence-electron chi connectivity index (χ4n) is 5.12. The van der Waals surface area contributed by atoms with Gasteiger partial charge in [0.1, 0.15) is 24.6 Å². The summed E-state index contributed by atoms with van der Waals surface area (Å²) in [7, 11) is -4.09. The molecule has 3 aromatic rings. The first kappa shape index (κ1) is 36.0. The van der Waals surface area contributed by atoms with E-state index in [1.165, 1.54) is 54.1 Å². The molecule has 0 saturated carbocycles. The summed E-state index contributed by atoms with van der Waals surface area (Å²) in [6.45, 7) is 4.42. The first-order valence-electron chi connectivity index (χ1n) is 14.7. The lowest BCUT2D eigenvalue weighted by Gasteiger charge is -2.24. The minimum absolute atomic E-state index is 0.0310. The topological polar surface area (TPSA) is 142 Å². The molecule has 1 aliphatic heterocycles. The molecule has 1 saturated heterocycles. The quantitative estimate of drug-likeness (QED) is 0.109. The van der Waals surface area contributed by atoms with Crippen molar-refractivity contribution in [3.63, 3.8) is 0 Å². The van der Waals surface area contributed by atoms with Gasteiger partial charge >= 0.3 is 13.8 Å². The molecule has 3 unspecified atom stereocenters. The van der Waals surface area contributed by atoms with Crippen molar-refractivity contribution in [2.45, 2.75) is 65.5 Å². The number of rotatable bonds is 13. The van der Waals surface area contributed by atoms with Crippen LogP contribution in [0.3, 0.4) is 0 Å². The molecule has 16 heteroatoms. The van der Waals surface area contributed by atoms with Gasteiger partial charge < -0.3 is 28.8 Å². The van der Waals surface area contributed by atoms with Crippen molar-refractivity contribution in [3.8, 4) is 0 Å². The number of carbonyl (C=O) groups excluding carboxylic acids is 4. The van der Waals surface area contributed by atoms with E-state index < -0.39 is 63.0 Å². The summed E-state index contributed by atoms with van der Waals surface area (Å²) in [4.78, 5) is 52.0. The Kier molecular flexibility index (Phi) is 11.8. The van der Waals surface area contributed by atoms with E-state index in [0.29, 0.717) is 10.9 Å². The van der Waals surface area contributed by atoms with Crippen LogP contribution in [0.15, 0.2) is 42.6 Å². The van der Waals surface area contributed by atoms with Crippen molar-refractivity contribution in [1.82, 2.24) is 14.8 Å². The van der Waals surface area contributed by atoms with Gasteiger partial charge in [-0.1, -0.05) is 29.8 Å². The lowest BCUT2D eigenvalue weighted by Crippen LogP contribution is -2.46. The van der Waals surface area contributed by atoms with E-state index in [1.54, 1.807) is 20.8 Å². The Bertz CT molecular complexity index is 1720. The van der Waals surface area contributed by atoms with E-state index in [0.717, 1.165) is 4.90 Å². The highest BCUT2D eigenvalue weighted by molar-refractivity contribution is 7.62. The molecule has 0 aliphatic carbocycles. The average Bonchev–Trinajstić information content (AvgIpc) is 3.58. The fraction of sp³-hybridized carbons (Fsp3) is 0.419. The summed E-state index contributed by atoms with van der Waals surface area (Å²) >= 11 is 5.81. The molecule has 1 fully saturated rings. The summed E-state index contributed by atoms with van der Waals surface area (Å²) in [5, 5.41) is 2.91. The molecular weight excluding hydrogens is 663 g/mol. The zero-order chi connectivity index (χ0) is 34.5. The summed E-state index contributed by atoms with van der Waals surface area (Å²) in [5.41, 5.74) is 0.687. The van der Waals surface area contributed by atoms with Crippen molar-refractivity contribution in [1.29, 1.82) is 0 Å². The van der Waals surface area contributed by atoms with Crippen molar-refractivity contribution in [2.24, 2.45) is 0 Å². The van der Waals surface area contributed by atoms with E-state index in [-0.39, 0.29) is 53.4 Å². The van der Waals surface area contributed by atoms with Gasteiger partial charge in [-0.05, 0) is 45.9 Å². The van der Waals surface area contributed by atoms with E-state index >= 15 is 0 Å². The van der Waals surface area contributed by atoms with Crippen LogP contribution in [0.1, 0.15) is 50.0 Å². The van der Waals surface area contributed by atoms with Crippen LogP contribution in [0, 0.1) is 5.82 Å². The molecule has 12 nitrogen and oxygen atoms in total. The smallest absolute Gasteiger partial charge is 0.432 e. The van der Waals surface area contributed by atoms with Crippen LogP contribution < -0.4 is 10.6 Å². The highest BCUT2D eigenvalue weighted by atomic mass is 35.5. The van der Waals surface area contributed by atoms with Crippen LogP contribution >= 0.6 is 19.2 Å². The Balaban J connectivity index is 1.57. The van der Waals surface area contributed by atoms with Crippen molar-refractivity contribution < 1.29 is 51.0 Å². The Morgan fingerprint density at radius 3 is 2.57 bits per heavy atom. The Morgan fingerprint density at radius 1 is 1.15 bits per heavy atom. The number of hydrogen-bond acceptors (Lipinski definition) is 9. The number of nitrogens with one attached hydrogen (secondary N) is 1. The largest absolute Gasteiger partial charge is 0.510 e. The maximum atomic E-state index is 14.6. The maximum absolute atomic E-state index is 14.6. The van der Waals surface area contributed by atoms with Gasteiger partial charge in [0.25, 0.3) is 0 Å². The zero-order valence-corrected chi connectivity index (χ0v) is 27.8. The van der Waals surface area contributed by atoms with Crippen LogP contribution in [0.4, 0.5) is 13.6 Å². The second-order valence-electron chi connectivity index (χ2n) is 11.0. The van der Waals surface area contributed by atoms with Crippen LogP contribution in [0.5, 0.6) is 0 Å². The molecule has 254 valence electrons. The highest BCUT2D eigenvalue weighted by Gasteiger charge is 2.40. The standard InChI is InChI=1S/C31H35ClF2N3O9P/c1-5-44-47(42,45-17-43-31(41)46-18(2)3)22-9-10-23-24(19(4)38)15-36(26(23)12-22)16-28(39)37-14-21(33)11-27(37)30(40)35-13-20-7-6-8-25(32)29(20)34/h6-10,12,15,18,21,27H,5,11,13-14,16-17H2,1-4H3,(H,35,40). The number of carbonyl (C=O) groups is 4. The summed E-state index contributed by atoms with van der Waals surface area (Å²) in [6.07, 6.45) is -1.78. The number of Topliss-reactive ketones (excluding diaryl/α,β-unsaturated/α-hetero) is 1. The van der Waals surface area contributed by atoms with E-state index in [2.05, 4.69) is 5.32 Å². The number of ketones is 1. The Morgan fingerprint density at radius 2 is 1.89 bits per heavy atom. The molecule has 2 aromatic carbocycles. The number of hydrogen-bond donors (Lipinski definition) is 1. The van der Waals surface area contributed by atoms with Gasteiger partial charge in [0.2, 0.25) is 18.6 Å². The Hall–Kier alpha value is -3.84. The van der Waals surface area contributed by atoms with E-state index in [9.17, 15) is 32.5 Å². The van der Waals surface area contributed by atoms with Crippen LogP contribution in [-0.2, 0) is 45.8 Å². The molecule has 0 spiro atoms. The molecule has 2 amide bonds. The number of fused-ring (bicyclic) bond motifs is 1. The highest BCUT2D eigenvalue weighted by Crippen LogP contribution is 2.47. The molecule has 1 aromatic heterocycles. The van der Waals surface area contributed by atoms with Crippen molar-refractivity contribution >= 4 is 59.2 Å². The minimum atomic E-state index is -4.09. The van der Waals surface area contributed by atoms with Crippen LogP contribution in [0.25, 0.3) is 10.9 Å². The molecule has 3 atom stereocenters. The molecule has 47 heavy (non-hydrogen) atoms. The molecule has 4 rings (SSSR count). The summed E-state index contributed by atoms with van der Waals surface area (Å²) in [6, 6.07) is 7.53. The van der Waals surface area contributed by atoms with Gasteiger partial charge in [-0.25, -0.2) is 13.6 Å². The van der Waals surface area contributed by atoms with Crippen molar-refractivity contribution in [2.75, 3.05) is 19.9 Å². The van der Waals surface area contributed by atoms with Gasteiger partial charge in [0.15, 0.2) is 5.78 Å². The second kappa shape index (κ2) is 15.4. The summed E-state index contributed by atoms with van der Waals surface area (Å²) < 4.78 is 64.6. The monoisotopic (exact) mass is 697 g/mol. The number of ether oxygens (including phenoxy) is 2. The van der Waals surface area contributed by atoms with E-state index in [1.807, 2.05) is 0 Å². The molecular formula is C31H35ClF2N3O9P. The number of aromatic nitrogens is 1. The third-order valence-corrected chi connectivity index (χ3v) is 9.50. The maximum Gasteiger partial charge on any atom is 0.510 e. The predicted octanol–water partition coefficient (Wildman–Crippen LogP) is 5.28. The lowest BCUT2D eigenvalue weighted by atomic mass is 10.1. The van der Waals surface area contributed by atoms with Crippen LogP contribution in [0.2, 0.25) is 5.02 Å². The second-order valence-corrected chi connectivity index (χ2v) is 13.4. The Labute approximate surface area is 274 Å². The third kappa shape index (κ3) is 8.55. The lowest BCUT2D eigenvalue weighted by molar-refractivity contribution is -0.139. The molecule has 0 bridgehead atoms. The molecule has 0 radical (unpaired) electrons. The van der Waals surface area contributed by atoms with Gasteiger partial charge in [-0.2, -0.15) is 0 Å². The number of likely N-dealkylation sites (tertiary alicyclic amines) is 1. The predicted molar refractivity (Wildman–Crippen MR) is 168 cm³/mol. The fourth-order valence-corrected chi connectivity index (χ4v) is 6.75. The third-order valence-electron chi connectivity index (χ3n) is 7.26. The number of nitrogens with zero attached hydrogens (tertiary/aromatic N) is 2. The first-order chi connectivity index (χ1) is 22.2. The number of amides is 2. The van der Waals surface area contributed by atoms with Gasteiger partial charge in [0.05, 0.1) is 35.1 Å². The molecule has 1 aliphatic rings. The first-order valence-corrected chi connectivity index (χ1v) is 16.7. The zero-order valence-electron chi connectivity index (χ0n) is 26.2. The van der Waals surface area contributed by atoms with Gasteiger partial charge in [0, 0.05) is 35.7 Å². The van der Waals surface area contributed by atoms with Gasteiger partial charge in [-0.15, -0.1) is 0 Å².